The fourth-order valence-electron chi connectivity index (χ4n) is 0.0631. The summed E-state index contributed by atoms with van der Waals surface area (Å²) in [6.07, 6.45) is 0. The van der Waals surface area contributed by atoms with Crippen LogP contribution in [0.1, 0.15) is 0 Å². The smallest absolute Gasteiger partial charge is 0.0510 e. The molecule has 0 aliphatic heterocycles. The largest absolute Gasteiger partial charge is 0.303 e. The lowest BCUT2D eigenvalue weighted by Gasteiger charge is -1.62. The van der Waals surface area contributed by atoms with Gasteiger partial charge >= 0.3 is 0 Å². The van der Waals surface area contributed by atoms with Gasteiger partial charge in [-0.15, -0.1) is 0 Å². The van der Waals surface area contributed by atoms with E-state index in [0.29, 0.717) is 0 Å². The highest BCUT2D eigenvalue weighted by atomic mass is 15.5. The maximum atomic E-state index is 4.52. The molecule has 0 atom stereocenters. The van der Waals surface area contributed by atoms with Crippen molar-refractivity contribution in [3.63, 3.8) is 0 Å². The van der Waals surface area contributed by atoms with Crippen molar-refractivity contribution in [3.05, 3.63) is 0 Å². The lowest BCUT2D eigenvalue weighted by Crippen LogP contribution is -1.70. The Kier molecular flexibility index (Phi) is 3.33. The second kappa shape index (κ2) is 4.00. The van der Waals surface area contributed by atoms with Crippen LogP contribution in [0.2, 0.25) is 0 Å². The van der Waals surface area contributed by atoms with Crippen molar-refractivity contribution >= 4 is 0 Å². The molecule has 0 aliphatic rings. The minimum absolute atomic E-state index is 1.48. The molecule has 0 amide bonds. The molecule has 0 saturated heterocycles. The number of nitrogens with zero attached hydrogens (tertiary/aromatic N) is 4. The van der Waals surface area contributed by atoms with Crippen molar-refractivity contribution in [1.29, 1.82) is 0 Å². The summed E-state index contributed by atoms with van der Waals surface area (Å²) < 4.78 is 0. The zero-order chi connectivity index (χ0) is 4.83. The predicted octanol–water partition coefficient (Wildman–Crippen LogP) is 0.309. The number of hydrogen-bond donors (Lipinski definition) is 1. The highest BCUT2D eigenvalue weighted by Crippen LogP contribution is 1.67. The summed E-state index contributed by atoms with van der Waals surface area (Å²) in [5.41, 5.74) is 0. The van der Waals surface area contributed by atoms with Crippen molar-refractivity contribution in [2.45, 2.75) is 0 Å². The van der Waals surface area contributed by atoms with E-state index < -0.39 is 0 Å². The van der Waals surface area contributed by atoms with Gasteiger partial charge in [0.05, 0.1) is 7.05 Å². The third kappa shape index (κ3) is 3.00. The van der Waals surface area contributed by atoms with Gasteiger partial charge in [0.25, 0.3) is 0 Å². The standard InChI is InChI=1S/CH5N5/c1-3-5-6-4-2/h1H3,(H2,2,3,6). The third-order valence-electron chi connectivity index (χ3n) is 0.181. The van der Waals surface area contributed by atoms with Crippen molar-refractivity contribution in [2.75, 3.05) is 7.05 Å². The second-order valence-electron chi connectivity index (χ2n) is 0.494. The molecule has 6 heavy (non-hydrogen) atoms. The van der Waals surface area contributed by atoms with Crippen LogP contribution in [0.25, 0.3) is 0 Å². The molecule has 0 spiro atoms. The minimum Gasteiger partial charge on any atom is -0.303 e. The third-order valence-corrected chi connectivity index (χ3v) is 0.181. The zero-order valence-electron chi connectivity index (χ0n) is 3.37. The van der Waals surface area contributed by atoms with E-state index >= 15 is 0 Å². The Balaban J connectivity index is 3.07. The molecule has 0 radical (unpaired) electrons. The molecule has 0 aliphatic carbocycles. The Morgan fingerprint density at radius 1 is 1.33 bits per heavy atom. The number of nitrogens with two attached hydrogens (primary N) is 1. The van der Waals surface area contributed by atoms with Crippen molar-refractivity contribution in [2.24, 2.45) is 26.6 Å². The van der Waals surface area contributed by atoms with Gasteiger partial charge in [-0.1, -0.05) is 5.22 Å². The Morgan fingerprint density at radius 3 is 2.17 bits per heavy atom. The number of hydrogen-bond acceptors (Lipinski definition) is 2. The van der Waals surface area contributed by atoms with E-state index in [2.05, 4.69) is 26.6 Å². The summed E-state index contributed by atoms with van der Waals surface area (Å²) in [7, 11) is 1.48. The summed E-state index contributed by atoms with van der Waals surface area (Å²) in [5.74, 6) is 4.52. The first-order valence-electron chi connectivity index (χ1n) is 1.31. The Labute approximate surface area is 34.9 Å². The van der Waals surface area contributed by atoms with E-state index in [1.165, 1.54) is 7.05 Å². The van der Waals surface area contributed by atoms with Gasteiger partial charge in [-0.3, -0.25) is 0 Å². The van der Waals surface area contributed by atoms with Crippen LogP contribution in [-0.4, -0.2) is 7.05 Å². The van der Waals surface area contributed by atoms with E-state index in [0.717, 1.165) is 0 Å². The molecular weight excluding hydrogens is 82.0 g/mol. The molecule has 0 aromatic carbocycles. The zero-order valence-corrected chi connectivity index (χ0v) is 3.37. The molecule has 5 nitrogen and oxygen atoms in total. The van der Waals surface area contributed by atoms with Gasteiger partial charge in [-0.05, 0) is 10.4 Å². The SMILES string of the molecule is CN=NN=NN. The molecular formula is CH5N5. The first-order chi connectivity index (χ1) is 2.91. The Hall–Kier alpha value is -1.00. The first kappa shape index (κ1) is 5.00. The van der Waals surface area contributed by atoms with E-state index in [-0.39, 0.29) is 0 Å². The lowest BCUT2D eigenvalue weighted by atomic mass is 11.6. The van der Waals surface area contributed by atoms with Crippen LogP contribution in [0.5, 0.6) is 0 Å². The molecule has 0 bridgehead atoms. The lowest BCUT2D eigenvalue weighted by molar-refractivity contribution is 0.879. The highest BCUT2D eigenvalue weighted by Gasteiger charge is 1.50. The summed E-state index contributed by atoms with van der Waals surface area (Å²) in [6.45, 7) is 0. The molecule has 34 valence electrons. The summed E-state index contributed by atoms with van der Waals surface area (Å²) >= 11 is 0. The summed E-state index contributed by atoms with van der Waals surface area (Å²) in [6, 6.07) is 0. The van der Waals surface area contributed by atoms with Crippen LogP contribution >= 0.6 is 0 Å². The minimum atomic E-state index is 1.48. The van der Waals surface area contributed by atoms with Gasteiger partial charge in [-0.2, -0.15) is 5.11 Å². The molecule has 0 aromatic heterocycles. The first-order valence-corrected chi connectivity index (χ1v) is 1.31. The molecule has 0 unspecified atom stereocenters. The van der Waals surface area contributed by atoms with Crippen LogP contribution in [-0.2, 0) is 0 Å². The maximum Gasteiger partial charge on any atom is 0.0510 e. The maximum absolute atomic E-state index is 4.52. The van der Waals surface area contributed by atoms with E-state index in [4.69, 9.17) is 0 Å². The fraction of sp³-hybridized carbons (Fsp3) is 1.00. The highest BCUT2D eigenvalue weighted by molar-refractivity contribution is 4.01. The average Bonchev–Trinajstić information content (AvgIpc) is 1.61. The molecule has 5 heteroatoms. The average molecular weight is 87.1 g/mol. The van der Waals surface area contributed by atoms with Gasteiger partial charge < -0.3 is 5.84 Å². The van der Waals surface area contributed by atoms with Gasteiger partial charge in [0, 0.05) is 0 Å². The Morgan fingerprint density at radius 2 is 2.00 bits per heavy atom. The van der Waals surface area contributed by atoms with Crippen molar-refractivity contribution < 1.29 is 0 Å². The second-order valence-corrected chi connectivity index (χ2v) is 0.494. The van der Waals surface area contributed by atoms with E-state index in [1.54, 1.807) is 0 Å². The van der Waals surface area contributed by atoms with Crippen LogP contribution in [0.4, 0.5) is 0 Å². The van der Waals surface area contributed by atoms with Gasteiger partial charge in [0.2, 0.25) is 0 Å². The van der Waals surface area contributed by atoms with E-state index in [1.807, 2.05) is 0 Å². The molecule has 0 fully saturated rings. The molecule has 0 saturated carbocycles. The number of rotatable bonds is 1. The molecule has 2 N–H and O–H groups in total. The predicted molar refractivity (Wildman–Crippen MR) is 19.8 cm³/mol. The summed E-state index contributed by atoms with van der Waals surface area (Å²) in [4.78, 5) is 0. The van der Waals surface area contributed by atoms with E-state index in [9.17, 15) is 0 Å². The molecule has 0 aromatic rings. The monoisotopic (exact) mass is 87.1 g/mol. The fourth-order valence-corrected chi connectivity index (χ4v) is 0.0631. The van der Waals surface area contributed by atoms with Crippen molar-refractivity contribution in [3.8, 4) is 0 Å². The van der Waals surface area contributed by atoms with Crippen LogP contribution < -0.4 is 5.84 Å². The van der Waals surface area contributed by atoms with Crippen LogP contribution in [0.3, 0.4) is 0 Å². The molecule has 0 rings (SSSR count). The quantitative estimate of drug-likeness (QED) is 0.279. The Bertz CT molecular complexity index is 52.3. The van der Waals surface area contributed by atoms with Crippen LogP contribution in [0.15, 0.2) is 20.8 Å². The summed E-state index contributed by atoms with van der Waals surface area (Å²) in [5, 5.41) is 12.0. The van der Waals surface area contributed by atoms with Gasteiger partial charge in [0.15, 0.2) is 0 Å². The van der Waals surface area contributed by atoms with Crippen molar-refractivity contribution in [1.82, 2.24) is 0 Å². The van der Waals surface area contributed by atoms with Gasteiger partial charge in [0.1, 0.15) is 0 Å². The topological polar surface area (TPSA) is 75.5 Å². The van der Waals surface area contributed by atoms with Crippen LogP contribution in [0, 0.1) is 0 Å². The van der Waals surface area contributed by atoms with Gasteiger partial charge in [-0.25, -0.2) is 0 Å². The normalized spacial score (nSPS) is 11.5. The molecule has 0 heterocycles.